The van der Waals surface area contributed by atoms with Crippen molar-refractivity contribution in [1.29, 1.82) is 0 Å². The summed E-state index contributed by atoms with van der Waals surface area (Å²) in [7, 11) is -3.84. The van der Waals surface area contributed by atoms with Crippen molar-refractivity contribution in [3.8, 4) is 11.1 Å². The number of hydrogen-bond donors (Lipinski definition) is 3. The zero-order valence-electron chi connectivity index (χ0n) is 12.3. The smallest absolute Gasteiger partial charge is 0.274 e. The minimum atomic E-state index is -3.84. The quantitative estimate of drug-likeness (QED) is 0.652. The Kier molecular flexibility index (Phi) is 4.14. The van der Waals surface area contributed by atoms with Gasteiger partial charge >= 0.3 is 0 Å². The van der Waals surface area contributed by atoms with Gasteiger partial charge in [-0.15, -0.1) is 0 Å². The van der Waals surface area contributed by atoms with Crippen LogP contribution >= 0.6 is 0 Å². The van der Waals surface area contributed by atoms with Gasteiger partial charge in [0.2, 0.25) is 5.56 Å². The number of nitrogens with two attached hydrogens (primary N) is 1. The van der Waals surface area contributed by atoms with E-state index >= 15 is 0 Å². The van der Waals surface area contributed by atoms with Crippen LogP contribution in [0.15, 0.2) is 47.4 Å². The average Bonchev–Trinajstić information content (AvgIpc) is 2.51. The molecule has 0 saturated heterocycles. The average molecular weight is 348 g/mol. The van der Waals surface area contributed by atoms with Crippen molar-refractivity contribution in [2.75, 3.05) is 0 Å². The van der Waals surface area contributed by atoms with Gasteiger partial charge in [-0.25, -0.2) is 14.5 Å². The monoisotopic (exact) mass is 348 g/mol. The van der Waals surface area contributed by atoms with E-state index in [4.69, 9.17) is 5.14 Å². The lowest BCUT2D eigenvalue weighted by atomic mass is 10.0. The maximum Gasteiger partial charge on any atom is 0.274 e. The molecule has 0 amide bonds. The van der Waals surface area contributed by atoms with E-state index in [-0.39, 0.29) is 12.1 Å². The lowest BCUT2D eigenvalue weighted by Gasteiger charge is -2.09. The van der Waals surface area contributed by atoms with E-state index in [2.05, 4.69) is 14.7 Å². The van der Waals surface area contributed by atoms with Crippen molar-refractivity contribution in [3.05, 3.63) is 64.3 Å². The summed E-state index contributed by atoms with van der Waals surface area (Å²) in [5.41, 5.74) is 1.38. The second-order valence-corrected chi connectivity index (χ2v) is 6.50. The lowest BCUT2D eigenvalue weighted by molar-refractivity contribution is 0.582. The summed E-state index contributed by atoms with van der Waals surface area (Å²) in [6.45, 7) is -0.111. The van der Waals surface area contributed by atoms with Gasteiger partial charge in [0.05, 0.1) is 0 Å². The molecule has 0 radical (unpaired) electrons. The topological polar surface area (TPSA) is 118 Å². The van der Waals surface area contributed by atoms with E-state index < -0.39 is 16.0 Å². The Morgan fingerprint density at radius 1 is 1.17 bits per heavy atom. The molecule has 2 heterocycles. The number of pyridine rings is 2. The number of nitrogens with one attached hydrogen (secondary N) is 2. The Balaban J connectivity index is 2.03. The molecule has 0 unspecified atom stereocenters. The van der Waals surface area contributed by atoms with Gasteiger partial charge in [-0.2, -0.15) is 13.1 Å². The zero-order chi connectivity index (χ0) is 17.3. The molecule has 1 aromatic carbocycles. The molecule has 0 aliphatic rings. The lowest BCUT2D eigenvalue weighted by Crippen LogP contribution is -2.30. The van der Waals surface area contributed by atoms with E-state index in [1.807, 2.05) is 0 Å². The minimum Gasteiger partial charge on any atom is -0.307 e. The highest BCUT2D eigenvalue weighted by molar-refractivity contribution is 7.87. The minimum absolute atomic E-state index is 0.111. The van der Waals surface area contributed by atoms with E-state index in [0.717, 1.165) is 0 Å². The molecule has 0 atom stereocenters. The second-order valence-electron chi connectivity index (χ2n) is 5.12. The molecule has 0 spiro atoms. The summed E-state index contributed by atoms with van der Waals surface area (Å²) in [6.07, 6.45) is 1.48. The summed E-state index contributed by atoms with van der Waals surface area (Å²) >= 11 is 0. The van der Waals surface area contributed by atoms with Crippen molar-refractivity contribution >= 4 is 21.2 Å². The second kappa shape index (κ2) is 6.11. The fourth-order valence-corrected chi connectivity index (χ4v) is 2.73. The van der Waals surface area contributed by atoms with Crippen LogP contribution in [0.25, 0.3) is 22.2 Å². The Hall–Kier alpha value is -2.62. The normalized spacial score (nSPS) is 11.8. The van der Waals surface area contributed by atoms with E-state index in [9.17, 15) is 17.6 Å². The van der Waals surface area contributed by atoms with Gasteiger partial charge in [0.1, 0.15) is 11.5 Å². The number of halogens is 1. The molecule has 3 rings (SSSR count). The number of aromatic nitrogens is 2. The van der Waals surface area contributed by atoms with Crippen molar-refractivity contribution in [2.45, 2.75) is 6.54 Å². The van der Waals surface area contributed by atoms with Crippen LogP contribution in [-0.2, 0) is 16.8 Å². The van der Waals surface area contributed by atoms with E-state index in [1.54, 1.807) is 18.2 Å². The van der Waals surface area contributed by atoms with Crippen LogP contribution < -0.4 is 15.4 Å². The van der Waals surface area contributed by atoms with Crippen LogP contribution in [0.2, 0.25) is 0 Å². The van der Waals surface area contributed by atoms with Gasteiger partial charge in [0.15, 0.2) is 0 Å². The standard InChI is InChI=1S/C15H13FN4O3S/c16-13-7-9(8-19-24(17,22)23)1-2-11(13)10-5-6-18-15-12(10)3-4-14(21)20-15/h1-7,19H,8H2,(H2,17,22,23)(H,18,20,21). The number of H-pyrrole nitrogens is 1. The van der Waals surface area contributed by atoms with Crippen LogP contribution in [0.4, 0.5) is 4.39 Å². The number of hydrogen-bond acceptors (Lipinski definition) is 4. The molecule has 0 aliphatic carbocycles. The molecule has 7 nitrogen and oxygen atoms in total. The van der Waals surface area contributed by atoms with Crippen molar-refractivity contribution in [3.63, 3.8) is 0 Å². The van der Waals surface area contributed by atoms with Crippen LogP contribution in [0.1, 0.15) is 5.56 Å². The summed E-state index contributed by atoms with van der Waals surface area (Å²) in [4.78, 5) is 18.0. The predicted octanol–water partition coefficient (Wildman–Crippen LogP) is 1.02. The molecule has 0 saturated carbocycles. The highest BCUT2D eigenvalue weighted by atomic mass is 32.2. The molecular weight excluding hydrogens is 335 g/mol. The largest absolute Gasteiger partial charge is 0.307 e. The first-order chi connectivity index (χ1) is 11.3. The Bertz CT molecular complexity index is 1080. The molecule has 24 heavy (non-hydrogen) atoms. The molecule has 2 aromatic heterocycles. The van der Waals surface area contributed by atoms with Crippen molar-refractivity contribution in [1.82, 2.24) is 14.7 Å². The van der Waals surface area contributed by atoms with Gasteiger partial charge in [-0.05, 0) is 29.3 Å². The fraction of sp³-hybridized carbons (Fsp3) is 0.0667. The van der Waals surface area contributed by atoms with Gasteiger partial charge in [-0.1, -0.05) is 12.1 Å². The van der Waals surface area contributed by atoms with E-state index in [1.165, 1.54) is 24.4 Å². The predicted molar refractivity (Wildman–Crippen MR) is 87.7 cm³/mol. The maximum atomic E-state index is 14.5. The Labute approximate surface area is 136 Å². The van der Waals surface area contributed by atoms with Crippen LogP contribution in [0.5, 0.6) is 0 Å². The van der Waals surface area contributed by atoms with Crippen molar-refractivity contribution in [2.24, 2.45) is 5.14 Å². The third-order valence-corrected chi connectivity index (χ3v) is 3.98. The summed E-state index contributed by atoms with van der Waals surface area (Å²) in [6, 6.07) is 8.92. The molecule has 0 aliphatic heterocycles. The van der Waals surface area contributed by atoms with E-state index in [0.29, 0.717) is 27.7 Å². The summed E-state index contributed by atoms with van der Waals surface area (Å²) < 4.78 is 38.3. The van der Waals surface area contributed by atoms with Crippen LogP contribution in [0.3, 0.4) is 0 Å². The third kappa shape index (κ3) is 3.48. The number of benzene rings is 1. The number of fused-ring (bicyclic) bond motifs is 1. The SMILES string of the molecule is NS(=O)(=O)NCc1ccc(-c2ccnc3[nH]c(=O)ccc23)c(F)c1. The first kappa shape index (κ1) is 16.2. The third-order valence-electron chi connectivity index (χ3n) is 3.43. The fourth-order valence-electron chi connectivity index (χ4n) is 2.36. The maximum absolute atomic E-state index is 14.5. The summed E-state index contributed by atoms with van der Waals surface area (Å²) in [5, 5.41) is 5.45. The zero-order valence-corrected chi connectivity index (χ0v) is 13.1. The molecule has 0 fully saturated rings. The summed E-state index contributed by atoms with van der Waals surface area (Å²) in [5.74, 6) is -0.526. The number of rotatable bonds is 4. The van der Waals surface area contributed by atoms with Gasteiger partial charge in [0.25, 0.3) is 10.2 Å². The highest BCUT2D eigenvalue weighted by Crippen LogP contribution is 2.28. The van der Waals surface area contributed by atoms with Gasteiger partial charge < -0.3 is 4.98 Å². The Morgan fingerprint density at radius 3 is 2.67 bits per heavy atom. The number of aromatic amines is 1. The first-order valence-electron chi connectivity index (χ1n) is 6.88. The molecule has 0 bridgehead atoms. The molecular formula is C15H13FN4O3S. The van der Waals surface area contributed by atoms with Gasteiger partial charge in [-0.3, -0.25) is 4.79 Å². The molecule has 3 aromatic rings. The number of nitrogens with zero attached hydrogens (tertiary/aromatic N) is 1. The van der Waals surface area contributed by atoms with Crippen molar-refractivity contribution < 1.29 is 12.8 Å². The molecule has 9 heteroatoms. The Morgan fingerprint density at radius 2 is 1.96 bits per heavy atom. The molecule has 124 valence electrons. The first-order valence-corrected chi connectivity index (χ1v) is 8.42. The van der Waals surface area contributed by atoms with Crippen LogP contribution in [-0.4, -0.2) is 18.4 Å². The molecule has 4 N–H and O–H groups in total. The highest BCUT2D eigenvalue weighted by Gasteiger charge is 2.11. The van der Waals surface area contributed by atoms with Crippen LogP contribution in [0, 0.1) is 5.82 Å². The van der Waals surface area contributed by atoms with Gasteiger partial charge in [0, 0.05) is 29.8 Å².